The molecule has 2 fully saturated rings. The highest BCUT2D eigenvalue weighted by atomic mass is 16.5. The van der Waals surface area contributed by atoms with Crippen molar-refractivity contribution in [3.05, 3.63) is 84.6 Å². The number of likely N-dealkylation sites (tertiary alicyclic amines) is 1. The first-order valence-corrected chi connectivity index (χ1v) is 13.3. The maximum Gasteiger partial charge on any atom is 0.223 e. The van der Waals surface area contributed by atoms with Gasteiger partial charge in [0.05, 0.1) is 42.5 Å². The van der Waals surface area contributed by atoms with Crippen molar-refractivity contribution in [3.63, 3.8) is 0 Å². The van der Waals surface area contributed by atoms with Crippen molar-refractivity contribution in [2.24, 2.45) is 5.92 Å². The average Bonchev–Trinajstić information content (AvgIpc) is 3.36. The van der Waals surface area contributed by atoms with Gasteiger partial charge in [0.1, 0.15) is 0 Å². The third-order valence-electron chi connectivity index (χ3n) is 7.55. The monoisotopic (exact) mass is 508 g/mol. The Balaban J connectivity index is 1.19. The van der Waals surface area contributed by atoms with Crippen LogP contribution in [-0.4, -0.2) is 60.2 Å². The van der Waals surface area contributed by atoms with Crippen LogP contribution >= 0.6 is 0 Å². The lowest BCUT2D eigenvalue weighted by Crippen LogP contribution is -2.36. The van der Waals surface area contributed by atoms with Gasteiger partial charge in [0, 0.05) is 49.4 Å². The highest BCUT2D eigenvalue weighted by Crippen LogP contribution is 2.32. The number of anilines is 1. The van der Waals surface area contributed by atoms with Gasteiger partial charge in [0.25, 0.3) is 0 Å². The number of ether oxygens (including phenoxy) is 2. The number of amides is 1. The molecule has 2 aromatic carbocycles. The van der Waals surface area contributed by atoms with Crippen molar-refractivity contribution in [1.29, 1.82) is 0 Å². The van der Waals surface area contributed by atoms with E-state index >= 15 is 0 Å². The Kier molecular flexibility index (Phi) is 6.92. The summed E-state index contributed by atoms with van der Waals surface area (Å²) in [7, 11) is 0. The van der Waals surface area contributed by atoms with E-state index in [1.807, 2.05) is 41.3 Å². The molecule has 0 radical (unpaired) electrons. The zero-order chi connectivity index (χ0) is 25.9. The summed E-state index contributed by atoms with van der Waals surface area (Å²) in [6, 6.07) is 24.6. The van der Waals surface area contributed by atoms with Gasteiger partial charge in [-0.2, -0.15) is 0 Å². The van der Waals surface area contributed by atoms with Crippen LogP contribution in [0.1, 0.15) is 24.9 Å². The number of benzene rings is 2. The van der Waals surface area contributed by atoms with E-state index < -0.39 is 0 Å². The van der Waals surface area contributed by atoms with Crippen molar-refractivity contribution in [3.8, 4) is 17.1 Å². The van der Waals surface area contributed by atoms with Gasteiger partial charge in [0.2, 0.25) is 11.8 Å². The van der Waals surface area contributed by atoms with Crippen molar-refractivity contribution in [2.75, 3.05) is 44.4 Å². The van der Waals surface area contributed by atoms with E-state index in [4.69, 9.17) is 14.5 Å². The number of aromatic nitrogens is 2. The van der Waals surface area contributed by atoms with E-state index in [1.54, 1.807) is 6.20 Å². The molecular weight excluding hydrogens is 476 g/mol. The highest BCUT2D eigenvalue weighted by Gasteiger charge is 2.33. The zero-order valence-corrected chi connectivity index (χ0v) is 21.6. The van der Waals surface area contributed by atoms with E-state index in [-0.39, 0.29) is 17.9 Å². The van der Waals surface area contributed by atoms with Crippen molar-refractivity contribution in [1.82, 2.24) is 14.9 Å². The number of rotatable bonds is 7. The lowest BCUT2D eigenvalue weighted by atomic mass is 10.1. The van der Waals surface area contributed by atoms with E-state index in [1.165, 1.54) is 5.69 Å². The molecule has 0 aliphatic carbocycles. The van der Waals surface area contributed by atoms with Gasteiger partial charge in [-0.25, -0.2) is 4.98 Å². The summed E-state index contributed by atoms with van der Waals surface area (Å²) in [6.07, 6.45) is 2.27. The Labute approximate surface area is 223 Å². The van der Waals surface area contributed by atoms with Gasteiger partial charge in [-0.1, -0.05) is 42.5 Å². The third-order valence-corrected chi connectivity index (χ3v) is 7.55. The topological polar surface area (TPSA) is 67.8 Å². The van der Waals surface area contributed by atoms with Crippen LogP contribution in [0.2, 0.25) is 0 Å². The maximum atomic E-state index is 12.8. The van der Waals surface area contributed by atoms with Crippen LogP contribution in [0.4, 0.5) is 5.69 Å². The predicted molar refractivity (Wildman–Crippen MR) is 148 cm³/mol. The summed E-state index contributed by atoms with van der Waals surface area (Å²) in [6.45, 7) is 6.52. The maximum absolute atomic E-state index is 12.8. The lowest BCUT2D eigenvalue weighted by molar-refractivity contribution is -0.129. The number of pyridine rings is 2. The van der Waals surface area contributed by atoms with Gasteiger partial charge < -0.3 is 19.3 Å². The summed E-state index contributed by atoms with van der Waals surface area (Å²) in [5.41, 5.74) is 5.01. The molecule has 38 heavy (non-hydrogen) atoms. The lowest BCUT2D eigenvalue weighted by Gasteiger charge is -2.28. The quantitative estimate of drug-likeness (QED) is 0.345. The molecule has 2 aliphatic rings. The number of hydrogen-bond acceptors (Lipinski definition) is 6. The number of carbonyl (C=O) groups excluding carboxylic acids is 1. The summed E-state index contributed by atoms with van der Waals surface area (Å²) in [5.74, 6) is 0.840. The summed E-state index contributed by atoms with van der Waals surface area (Å²) >= 11 is 0. The van der Waals surface area contributed by atoms with Crippen LogP contribution in [0.3, 0.4) is 0 Å². The molecule has 7 heteroatoms. The summed E-state index contributed by atoms with van der Waals surface area (Å²) in [5, 5.41) is 0.875. The van der Waals surface area contributed by atoms with Crippen LogP contribution < -0.4 is 9.64 Å². The Morgan fingerprint density at radius 2 is 1.82 bits per heavy atom. The third kappa shape index (κ3) is 5.07. The molecule has 2 aliphatic heterocycles. The molecule has 0 bridgehead atoms. The Morgan fingerprint density at radius 1 is 1.03 bits per heavy atom. The molecule has 0 spiro atoms. The molecule has 2 aromatic heterocycles. The fourth-order valence-electron chi connectivity index (χ4n) is 5.37. The minimum absolute atomic E-state index is 0.0422. The zero-order valence-electron chi connectivity index (χ0n) is 21.6. The SMILES string of the molecule is CC(c1ccccc1)N1C[C@H](COc2nc(-c3ccc(N4CCOCC4)cc3)cc3ncccc23)CC1=O. The average molecular weight is 509 g/mol. The highest BCUT2D eigenvalue weighted by molar-refractivity contribution is 5.87. The number of carbonyl (C=O) groups is 1. The molecule has 0 saturated carbocycles. The molecule has 194 valence electrons. The van der Waals surface area contributed by atoms with Gasteiger partial charge in [-0.05, 0) is 42.8 Å². The molecule has 1 unspecified atom stereocenters. The molecule has 2 saturated heterocycles. The molecule has 2 atom stereocenters. The summed E-state index contributed by atoms with van der Waals surface area (Å²) in [4.78, 5) is 26.6. The standard InChI is InChI=1S/C31H32N4O3/c1-22(24-6-3-2-4-7-24)35-20-23(18-30(35)36)21-38-31-27-8-5-13-32-29(27)19-28(33-31)25-9-11-26(12-10-25)34-14-16-37-17-15-34/h2-13,19,22-23H,14-18,20-21H2,1H3/t22?,23-/m1/s1. The van der Waals surface area contributed by atoms with Gasteiger partial charge in [-0.15, -0.1) is 0 Å². The first kappa shape index (κ1) is 24.4. The molecule has 1 amide bonds. The second-order valence-corrected chi connectivity index (χ2v) is 10.0. The van der Waals surface area contributed by atoms with Gasteiger partial charge >= 0.3 is 0 Å². The first-order valence-electron chi connectivity index (χ1n) is 13.3. The molecule has 7 nitrogen and oxygen atoms in total. The molecule has 0 N–H and O–H groups in total. The van der Waals surface area contributed by atoms with E-state index in [2.05, 4.69) is 53.2 Å². The molecule has 6 rings (SSSR count). The van der Waals surface area contributed by atoms with Crippen LogP contribution in [-0.2, 0) is 9.53 Å². The number of hydrogen-bond donors (Lipinski definition) is 0. The van der Waals surface area contributed by atoms with Crippen LogP contribution in [0.25, 0.3) is 22.2 Å². The summed E-state index contributed by atoms with van der Waals surface area (Å²) < 4.78 is 11.8. The minimum Gasteiger partial charge on any atom is -0.477 e. The fraction of sp³-hybridized carbons (Fsp3) is 0.323. The Morgan fingerprint density at radius 3 is 2.61 bits per heavy atom. The number of morpholine rings is 1. The van der Waals surface area contributed by atoms with Crippen LogP contribution in [0.5, 0.6) is 5.88 Å². The van der Waals surface area contributed by atoms with E-state index in [9.17, 15) is 4.79 Å². The predicted octanol–water partition coefficient (Wildman–Crippen LogP) is 5.12. The normalized spacial score (nSPS) is 18.7. The molecular formula is C31H32N4O3. The van der Waals surface area contributed by atoms with Crippen molar-refractivity contribution in [2.45, 2.75) is 19.4 Å². The van der Waals surface area contributed by atoms with Crippen molar-refractivity contribution >= 4 is 22.5 Å². The second kappa shape index (κ2) is 10.8. The fourth-order valence-corrected chi connectivity index (χ4v) is 5.37. The van der Waals surface area contributed by atoms with Crippen LogP contribution in [0.15, 0.2) is 79.0 Å². The smallest absolute Gasteiger partial charge is 0.223 e. The molecule has 4 aromatic rings. The van der Waals surface area contributed by atoms with Crippen molar-refractivity contribution < 1.29 is 14.3 Å². The van der Waals surface area contributed by atoms with E-state index in [0.717, 1.165) is 54.0 Å². The van der Waals surface area contributed by atoms with Crippen LogP contribution in [0, 0.1) is 5.92 Å². The molecule has 4 heterocycles. The van der Waals surface area contributed by atoms with Gasteiger partial charge in [-0.3, -0.25) is 9.78 Å². The Bertz CT molecular complexity index is 1400. The van der Waals surface area contributed by atoms with E-state index in [0.29, 0.717) is 25.5 Å². The minimum atomic E-state index is 0.0422. The van der Waals surface area contributed by atoms with Gasteiger partial charge in [0.15, 0.2) is 0 Å². The number of fused-ring (bicyclic) bond motifs is 1. The number of nitrogens with zero attached hydrogens (tertiary/aromatic N) is 4. The largest absolute Gasteiger partial charge is 0.477 e. The Hall–Kier alpha value is -3.97. The first-order chi connectivity index (χ1) is 18.7. The second-order valence-electron chi connectivity index (χ2n) is 10.0.